The van der Waals surface area contributed by atoms with Crippen molar-refractivity contribution in [2.24, 2.45) is 0 Å². The van der Waals surface area contributed by atoms with Crippen molar-refractivity contribution in [2.45, 2.75) is 13.8 Å². The standard InChI is InChI=1S/C23H26N4O/c1-16-14-19(8-9-22(16)27-12-10-26(3)11-13-27)25-23(28)20-15-18-6-4-5-7-21(18)24-17(20)2/h4-9,14-15H,10-13H2,1-3H3,(H,25,28). The number of hydrogen-bond acceptors (Lipinski definition) is 4. The lowest BCUT2D eigenvalue weighted by atomic mass is 10.1. The Hall–Kier alpha value is -2.92. The highest BCUT2D eigenvalue weighted by atomic mass is 16.1. The summed E-state index contributed by atoms with van der Waals surface area (Å²) in [6.07, 6.45) is 0. The van der Waals surface area contributed by atoms with Crippen LogP contribution in [-0.2, 0) is 0 Å². The fraction of sp³-hybridized carbons (Fsp3) is 0.304. The number of piperazine rings is 1. The lowest BCUT2D eigenvalue weighted by molar-refractivity contribution is 0.102. The van der Waals surface area contributed by atoms with Crippen LogP contribution in [0.4, 0.5) is 11.4 Å². The van der Waals surface area contributed by atoms with Crippen molar-refractivity contribution < 1.29 is 4.79 Å². The number of para-hydroxylation sites is 1. The molecule has 3 aromatic rings. The maximum Gasteiger partial charge on any atom is 0.257 e. The Morgan fingerprint density at radius 3 is 2.50 bits per heavy atom. The second kappa shape index (κ2) is 7.60. The number of hydrogen-bond donors (Lipinski definition) is 1. The Balaban J connectivity index is 1.53. The highest BCUT2D eigenvalue weighted by Crippen LogP contribution is 2.25. The molecular weight excluding hydrogens is 348 g/mol. The smallest absolute Gasteiger partial charge is 0.257 e. The van der Waals surface area contributed by atoms with Crippen molar-refractivity contribution >= 4 is 28.2 Å². The molecule has 144 valence electrons. The van der Waals surface area contributed by atoms with E-state index in [-0.39, 0.29) is 5.91 Å². The minimum absolute atomic E-state index is 0.123. The number of carbonyl (C=O) groups is 1. The maximum atomic E-state index is 12.8. The third kappa shape index (κ3) is 3.71. The van der Waals surface area contributed by atoms with Gasteiger partial charge in [0.05, 0.1) is 16.8 Å². The SMILES string of the molecule is Cc1cc(NC(=O)c2cc3ccccc3nc2C)ccc1N1CCN(C)CC1. The number of nitrogens with one attached hydrogen (secondary N) is 1. The van der Waals surface area contributed by atoms with Crippen molar-refractivity contribution in [3.05, 3.63) is 65.4 Å². The van der Waals surface area contributed by atoms with Crippen LogP contribution in [0.15, 0.2) is 48.5 Å². The Labute approximate surface area is 166 Å². The van der Waals surface area contributed by atoms with Crippen LogP contribution in [0.2, 0.25) is 0 Å². The van der Waals surface area contributed by atoms with Gasteiger partial charge in [-0.05, 0) is 56.8 Å². The molecule has 2 heterocycles. The predicted molar refractivity (Wildman–Crippen MR) is 115 cm³/mol. The van der Waals surface area contributed by atoms with Crippen LogP contribution in [0.1, 0.15) is 21.6 Å². The van der Waals surface area contributed by atoms with Crippen LogP contribution in [0.5, 0.6) is 0 Å². The van der Waals surface area contributed by atoms with E-state index in [1.54, 1.807) is 0 Å². The summed E-state index contributed by atoms with van der Waals surface area (Å²) >= 11 is 0. The molecule has 0 unspecified atom stereocenters. The number of nitrogens with zero attached hydrogens (tertiary/aromatic N) is 3. The van der Waals surface area contributed by atoms with E-state index in [2.05, 4.69) is 46.2 Å². The Morgan fingerprint density at radius 2 is 1.75 bits per heavy atom. The quantitative estimate of drug-likeness (QED) is 0.756. The fourth-order valence-corrected chi connectivity index (χ4v) is 3.78. The van der Waals surface area contributed by atoms with Crippen LogP contribution in [0.25, 0.3) is 10.9 Å². The summed E-state index contributed by atoms with van der Waals surface area (Å²) in [5, 5.41) is 4.01. The number of benzene rings is 2. The first-order valence-electron chi connectivity index (χ1n) is 9.73. The zero-order valence-corrected chi connectivity index (χ0v) is 16.7. The molecule has 0 atom stereocenters. The highest BCUT2D eigenvalue weighted by molar-refractivity contribution is 6.06. The maximum absolute atomic E-state index is 12.8. The first kappa shape index (κ1) is 18.4. The van der Waals surface area contributed by atoms with Gasteiger partial charge in [0.2, 0.25) is 0 Å². The Morgan fingerprint density at radius 1 is 1.00 bits per heavy atom. The normalized spacial score (nSPS) is 15.0. The van der Waals surface area contributed by atoms with E-state index in [0.717, 1.165) is 48.5 Å². The zero-order chi connectivity index (χ0) is 19.7. The summed E-state index contributed by atoms with van der Waals surface area (Å²) in [6.45, 7) is 8.20. The van der Waals surface area contributed by atoms with Crippen LogP contribution in [-0.4, -0.2) is 49.0 Å². The molecule has 1 aromatic heterocycles. The van der Waals surface area contributed by atoms with Gasteiger partial charge in [-0.3, -0.25) is 9.78 Å². The zero-order valence-electron chi connectivity index (χ0n) is 16.7. The molecule has 1 fully saturated rings. The third-order valence-corrected chi connectivity index (χ3v) is 5.46. The van der Waals surface area contributed by atoms with Gasteiger partial charge in [0.25, 0.3) is 5.91 Å². The number of carbonyl (C=O) groups excluding carboxylic acids is 1. The van der Waals surface area contributed by atoms with Gasteiger partial charge in [-0.15, -0.1) is 0 Å². The highest BCUT2D eigenvalue weighted by Gasteiger charge is 2.17. The largest absolute Gasteiger partial charge is 0.369 e. The second-order valence-electron chi connectivity index (χ2n) is 7.56. The van der Waals surface area contributed by atoms with Crippen LogP contribution >= 0.6 is 0 Å². The fourth-order valence-electron chi connectivity index (χ4n) is 3.78. The molecule has 5 heteroatoms. The van der Waals surface area contributed by atoms with E-state index in [1.807, 2.05) is 43.3 Å². The van der Waals surface area contributed by atoms with Crippen molar-refractivity contribution in [1.82, 2.24) is 9.88 Å². The van der Waals surface area contributed by atoms with Gasteiger partial charge in [0.15, 0.2) is 0 Å². The Bertz CT molecular complexity index is 1020. The number of aromatic nitrogens is 1. The van der Waals surface area contributed by atoms with E-state index in [1.165, 1.54) is 11.3 Å². The number of likely N-dealkylation sites (N-methyl/N-ethyl adjacent to an activating group) is 1. The molecule has 0 bridgehead atoms. The Kier molecular flexibility index (Phi) is 5.01. The van der Waals surface area contributed by atoms with E-state index in [4.69, 9.17) is 0 Å². The minimum atomic E-state index is -0.123. The molecule has 0 radical (unpaired) electrons. The van der Waals surface area contributed by atoms with Crippen LogP contribution in [0.3, 0.4) is 0 Å². The number of fused-ring (bicyclic) bond motifs is 1. The second-order valence-corrected chi connectivity index (χ2v) is 7.56. The van der Waals surface area contributed by atoms with Crippen molar-refractivity contribution in [3.63, 3.8) is 0 Å². The predicted octanol–water partition coefficient (Wildman–Crippen LogP) is 3.86. The van der Waals surface area contributed by atoms with Crippen molar-refractivity contribution in [1.29, 1.82) is 0 Å². The van der Waals surface area contributed by atoms with Gasteiger partial charge < -0.3 is 15.1 Å². The molecule has 1 aliphatic heterocycles. The third-order valence-electron chi connectivity index (χ3n) is 5.46. The molecule has 2 aromatic carbocycles. The molecule has 0 saturated carbocycles. The summed E-state index contributed by atoms with van der Waals surface area (Å²) in [5.41, 5.74) is 5.49. The summed E-state index contributed by atoms with van der Waals surface area (Å²) in [6, 6.07) is 15.9. The molecule has 28 heavy (non-hydrogen) atoms. The number of anilines is 2. The van der Waals surface area contributed by atoms with E-state index in [9.17, 15) is 4.79 Å². The molecule has 1 N–H and O–H groups in total. The number of rotatable bonds is 3. The molecule has 1 aliphatic rings. The lowest BCUT2D eigenvalue weighted by Crippen LogP contribution is -2.44. The van der Waals surface area contributed by atoms with E-state index < -0.39 is 0 Å². The number of pyridine rings is 1. The number of amides is 1. The molecule has 0 spiro atoms. The van der Waals surface area contributed by atoms with E-state index >= 15 is 0 Å². The minimum Gasteiger partial charge on any atom is -0.369 e. The first-order valence-corrected chi connectivity index (χ1v) is 9.73. The van der Waals surface area contributed by atoms with Gasteiger partial charge in [-0.2, -0.15) is 0 Å². The van der Waals surface area contributed by atoms with Gasteiger partial charge in [0, 0.05) is 42.9 Å². The topological polar surface area (TPSA) is 48.5 Å². The van der Waals surface area contributed by atoms with Crippen molar-refractivity contribution in [2.75, 3.05) is 43.4 Å². The first-order chi connectivity index (χ1) is 13.5. The summed E-state index contributed by atoms with van der Waals surface area (Å²) < 4.78 is 0. The summed E-state index contributed by atoms with van der Waals surface area (Å²) in [7, 11) is 2.16. The average Bonchev–Trinajstić information content (AvgIpc) is 2.68. The molecular formula is C23H26N4O. The van der Waals surface area contributed by atoms with Crippen molar-refractivity contribution in [3.8, 4) is 0 Å². The summed E-state index contributed by atoms with van der Waals surface area (Å²) in [4.78, 5) is 22.2. The van der Waals surface area contributed by atoms with Gasteiger partial charge in [-0.1, -0.05) is 18.2 Å². The van der Waals surface area contributed by atoms with Gasteiger partial charge >= 0.3 is 0 Å². The average molecular weight is 374 g/mol. The number of aryl methyl sites for hydroxylation is 2. The molecule has 1 saturated heterocycles. The monoisotopic (exact) mass is 374 g/mol. The van der Waals surface area contributed by atoms with Gasteiger partial charge in [0.1, 0.15) is 0 Å². The van der Waals surface area contributed by atoms with Gasteiger partial charge in [-0.25, -0.2) is 0 Å². The van der Waals surface area contributed by atoms with Crippen LogP contribution in [0, 0.1) is 13.8 Å². The van der Waals surface area contributed by atoms with E-state index in [0.29, 0.717) is 5.56 Å². The van der Waals surface area contributed by atoms with Crippen LogP contribution < -0.4 is 10.2 Å². The molecule has 0 aliphatic carbocycles. The molecule has 4 rings (SSSR count). The lowest BCUT2D eigenvalue weighted by Gasteiger charge is -2.35. The summed E-state index contributed by atoms with van der Waals surface area (Å²) in [5.74, 6) is -0.123. The molecule has 1 amide bonds. The molecule has 5 nitrogen and oxygen atoms in total.